The van der Waals surface area contributed by atoms with Gasteiger partial charge in [0.05, 0.1) is 11.4 Å². The van der Waals surface area contributed by atoms with E-state index < -0.39 is 0 Å². The van der Waals surface area contributed by atoms with Gasteiger partial charge in [-0.15, -0.1) is 0 Å². The Kier molecular flexibility index (Phi) is 7.20. The topological polar surface area (TPSA) is 38.9 Å². The molecule has 0 radical (unpaired) electrons. The summed E-state index contributed by atoms with van der Waals surface area (Å²) in [6.45, 7) is 4.72. The maximum atomic E-state index is 6.65. The predicted octanol–water partition coefficient (Wildman–Crippen LogP) is 14.2. The van der Waals surface area contributed by atoms with Crippen molar-refractivity contribution in [3.63, 3.8) is 0 Å². The van der Waals surface area contributed by atoms with Gasteiger partial charge < -0.3 is 4.42 Å². The van der Waals surface area contributed by atoms with Crippen molar-refractivity contribution in [2.45, 2.75) is 19.3 Å². The summed E-state index contributed by atoms with van der Waals surface area (Å²) in [6.07, 6.45) is 0. The molecule has 0 spiro atoms. The largest absolute Gasteiger partial charge is 0.455 e. The number of hydrogen-bond acceptors (Lipinski definition) is 3. The molecule has 0 amide bonds. The van der Waals surface area contributed by atoms with Gasteiger partial charge >= 0.3 is 0 Å². The zero-order chi connectivity index (χ0) is 37.4. The lowest BCUT2D eigenvalue weighted by atomic mass is 9.81. The fourth-order valence-corrected chi connectivity index (χ4v) is 8.84. The lowest BCUT2D eigenvalue weighted by molar-refractivity contribution is 0.661. The van der Waals surface area contributed by atoms with Crippen LogP contribution in [0.5, 0.6) is 0 Å². The highest BCUT2D eigenvalue weighted by atomic mass is 16.3. The minimum atomic E-state index is -0.160. The normalized spacial score (nSPS) is 13.0. The molecule has 3 nitrogen and oxygen atoms in total. The zero-order valence-corrected chi connectivity index (χ0v) is 31.1. The van der Waals surface area contributed by atoms with Gasteiger partial charge in [-0.05, 0) is 92.2 Å². The second-order valence-electron chi connectivity index (χ2n) is 15.4. The lowest BCUT2D eigenvalue weighted by Crippen LogP contribution is -2.14. The average molecular weight is 717 g/mol. The van der Waals surface area contributed by atoms with E-state index in [0.717, 1.165) is 66.7 Å². The number of rotatable bonds is 5. The Balaban J connectivity index is 1.20. The smallest absolute Gasteiger partial charge is 0.160 e. The third kappa shape index (κ3) is 5.12. The Hall–Kier alpha value is -7.10. The SMILES string of the molecule is CC1(C)c2cc3ccccc3cc2-c2c(-c3cc(-c4cc(-c5ccccc5)nc(-c5ccccc5)n4)cc(-c4cccc5c4oc4ccccc45)c3)cccc21. The van der Waals surface area contributed by atoms with Gasteiger partial charge in [-0.25, -0.2) is 9.97 Å². The summed E-state index contributed by atoms with van der Waals surface area (Å²) in [6, 6.07) is 64.8. The van der Waals surface area contributed by atoms with Gasteiger partial charge in [0.15, 0.2) is 5.82 Å². The first-order valence-electron chi connectivity index (χ1n) is 19.2. The van der Waals surface area contributed by atoms with Crippen molar-refractivity contribution in [3.8, 4) is 67.3 Å². The molecule has 0 atom stereocenters. The first-order chi connectivity index (χ1) is 27.5. The van der Waals surface area contributed by atoms with Crippen molar-refractivity contribution in [2.75, 3.05) is 0 Å². The minimum Gasteiger partial charge on any atom is -0.455 e. The summed E-state index contributed by atoms with van der Waals surface area (Å²) in [5.41, 5.74) is 16.1. The van der Waals surface area contributed by atoms with Crippen LogP contribution in [0, 0.1) is 0 Å². The number of benzene rings is 8. The van der Waals surface area contributed by atoms with Crippen molar-refractivity contribution in [2.24, 2.45) is 0 Å². The molecule has 0 unspecified atom stereocenters. The summed E-state index contributed by atoms with van der Waals surface area (Å²) in [5, 5.41) is 4.74. The van der Waals surface area contributed by atoms with Crippen LogP contribution in [0.25, 0.3) is 100.0 Å². The molecule has 8 aromatic carbocycles. The van der Waals surface area contributed by atoms with Crippen LogP contribution >= 0.6 is 0 Å². The van der Waals surface area contributed by atoms with Crippen LogP contribution in [0.1, 0.15) is 25.0 Å². The van der Waals surface area contributed by atoms with Crippen molar-refractivity contribution >= 4 is 32.7 Å². The van der Waals surface area contributed by atoms with Crippen LogP contribution < -0.4 is 0 Å². The molecule has 0 fully saturated rings. The van der Waals surface area contributed by atoms with Crippen LogP contribution in [-0.4, -0.2) is 9.97 Å². The highest BCUT2D eigenvalue weighted by molar-refractivity contribution is 6.10. The van der Waals surface area contributed by atoms with E-state index in [4.69, 9.17) is 14.4 Å². The summed E-state index contributed by atoms with van der Waals surface area (Å²) < 4.78 is 6.65. The number of aromatic nitrogens is 2. The van der Waals surface area contributed by atoms with E-state index in [0.29, 0.717) is 5.82 Å². The fourth-order valence-electron chi connectivity index (χ4n) is 8.84. The van der Waals surface area contributed by atoms with Gasteiger partial charge in [-0.2, -0.15) is 0 Å². The van der Waals surface area contributed by atoms with E-state index in [2.05, 4.69) is 159 Å². The van der Waals surface area contributed by atoms with E-state index >= 15 is 0 Å². The standard InChI is InChI=1S/C53H36N2O/c1-53(2)45-25-14-22-40(50(45)44-30-35-19-9-10-20-36(35)31-46(44)53)37-27-38(41-23-13-24-43-42-21-11-12-26-49(42)56-51(41)43)29-39(28-37)48-32-47(33-15-5-3-6-16-33)54-52(55-48)34-17-7-4-8-18-34/h3-32H,1-2H3. The van der Waals surface area contributed by atoms with Crippen LogP contribution in [0.3, 0.4) is 0 Å². The Labute approximate surface area is 325 Å². The van der Waals surface area contributed by atoms with E-state index in [1.165, 1.54) is 38.6 Å². The molecule has 0 N–H and O–H groups in total. The van der Waals surface area contributed by atoms with Crippen molar-refractivity contribution in [1.82, 2.24) is 9.97 Å². The van der Waals surface area contributed by atoms with Crippen molar-refractivity contribution in [1.29, 1.82) is 0 Å². The third-order valence-electron chi connectivity index (χ3n) is 11.6. The molecule has 1 aliphatic rings. The molecule has 264 valence electrons. The number of fused-ring (bicyclic) bond motifs is 7. The maximum absolute atomic E-state index is 6.65. The number of nitrogens with zero attached hydrogens (tertiary/aromatic N) is 2. The van der Waals surface area contributed by atoms with Gasteiger partial charge in [-0.3, -0.25) is 0 Å². The van der Waals surface area contributed by atoms with Gasteiger partial charge in [0.2, 0.25) is 0 Å². The molecule has 10 aromatic rings. The quantitative estimate of drug-likeness (QED) is 0.178. The van der Waals surface area contributed by atoms with Crippen LogP contribution in [-0.2, 0) is 5.41 Å². The molecule has 11 rings (SSSR count). The highest BCUT2D eigenvalue weighted by Gasteiger charge is 2.37. The predicted molar refractivity (Wildman–Crippen MR) is 232 cm³/mol. The van der Waals surface area contributed by atoms with Crippen LogP contribution in [0.2, 0.25) is 0 Å². The summed E-state index contributed by atoms with van der Waals surface area (Å²) in [4.78, 5) is 10.4. The van der Waals surface area contributed by atoms with Crippen molar-refractivity contribution in [3.05, 3.63) is 193 Å². The molecule has 2 aromatic heterocycles. The van der Waals surface area contributed by atoms with Crippen LogP contribution in [0.4, 0.5) is 0 Å². The minimum absolute atomic E-state index is 0.160. The van der Waals surface area contributed by atoms with E-state index in [-0.39, 0.29) is 5.41 Å². The number of hydrogen-bond donors (Lipinski definition) is 0. The summed E-state index contributed by atoms with van der Waals surface area (Å²) in [5.74, 6) is 0.691. The Morgan fingerprint density at radius 1 is 0.411 bits per heavy atom. The molecular formula is C53H36N2O. The van der Waals surface area contributed by atoms with Crippen LogP contribution in [0.15, 0.2) is 186 Å². The molecule has 1 aliphatic carbocycles. The summed E-state index contributed by atoms with van der Waals surface area (Å²) >= 11 is 0. The monoisotopic (exact) mass is 716 g/mol. The van der Waals surface area contributed by atoms with Gasteiger partial charge in [0.25, 0.3) is 0 Å². The van der Waals surface area contributed by atoms with Gasteiger partial charge in [-0.1, -0.05) is 153 Å². The molecule has 0 bridgehead atoms. The van der Waals surface area contributed by atoms with Gasteiger partial charge in [0, 0.05) is 38.4 Å². The molecule has 0 saturated carbocycles. The molecule has 0 saturated heterocycles. The molecule has 0 aliphatic heterocycles. The summed E-state index contributed by atoms with van der Waals surface area (Å²) in [7, 11) is 0. The fraction of sp³-hybridized carbons (Fsp3) is 0.0566. The molecule has 56 heavy (non-hydrogen) atoms. The molecule has 3 heteroatoms. The second-order valence-corrected chi connectivity index (χ2v) is 15.4. The third-order valence-corrected chi connectivity index (χ3v) is 11.6. The first kappa shape index (κ1) is 32.3. The highest BCUT2D eigenvalue weighted by Crippen LogP contribution is 2.53. The first-order valence-corrected chi connectivity index (χ1v) is 19.2. The second kappa shape index (κ2) is 12.5. The number of para-hydroxylation sites is 2. The zero-order valence-electron chi connectivity index (χ0n) is 31.1. The van der Waals surface area contributed by atoms with E-state index in [1.807, 2.05) is 36.4 Å². The lowest BCUT2D eigenvalue weighted by Gasteiger charge is -2.22. The van der Waals surface area contributed by atoms with E-state index in [9.17, 15) is 0 Å². The molecule has 2 heterocycles. The Morgan fingerprint density at radius 3 is 1.79 bits per heavy atom. The number of furan rings is 1. The Morgan fingerprint density at radius 2 is 1.00 bits per heavy atom. The average Bonchev–Trinajstić information content (AvgIpc) is 3.75. The molecular weight excluding hydrogens is 681 g/mol. The van der Waals surface area contributed by atoms with Crippen molar-refractivity contribution < 1.29 is 4.42 Å². The Bertz CT molecular complexity index is 3100. The van der Waals surface area contributed by atoms with Gasteiger partial charge in [0.1, 0.15) is 11.2 Å². The maximum Gasteiger partial charge on any atom is 0.160 e. The van der Waals surface area contributed by atoms with E-state index in [1.54, 1.807) is 0 Å².